The van der Waals surface area contributed by atoms with Crippen molar-refractivity contribution >= 4 is 46.3 Å². The van der Waals surface area contributed by atoms with Crippen LogP contribution in [0.25, 0.3) is 0 Å². The van der Waals surface area contributed by atoms with Gasteiger partial charge < -0.3 is 21.7 Å². The van der Waals surface area contributed by atoms with E-state index >= 15 is 0 Å². The van der Waals surface area contributed by atoms with E-state index in [1.165, 1.54) is 4.90 Å². The SMILES string of the molecule is Cc1cc(C)cc(N(C(=O)c2snc(C(N)=O)c2N)C(C(=O)NC2CCCCC2)c2ccc(N(C)C)cc2)c1. The summed E-state index contributed by atoms with van der Waals surface area (Å²) in [5.41, 5.74) is 15.4. The number of anilines is 3. The lowest BCUT2D eigenvalue weighted by molar-refractivity contribution is -0.123. The third-order valence-electron chi connectivity index (χ3n) is 7.04. The second kappa shape index (κ2) is 11.9. The van der Waals surface area contributed by atoms with E-state index in [1.54, 1.807) is 0 Å². The van der Waals surface area contributed by atoms with E-state index in [1.807, 2.05) is 75.3 Å². The first kappa shape index (κ1) is 28.1. The van der Waals surface area contributed by atoms with Crippen molar-refractivity contribution in [2.24, 2.45) is 5.73 Å². The van der Waals surface area contributed by atoms with E-state index in [0.29, 0.717) is 11.3 Å². The lowest BCUT2D eigenvalue weighted by Crippen LogP contribution is -2.47. The van der Waals surface area contributed by atoms with Crippen LogP contribution < -0.4 is 26.6 Å². The minimum absolute atomic E-state index is 0.0425. The number of benzene rings is 2. The average Bonchev–Trinajstić information content (AvgIpc) is 3.28. The smallest absolute Gasteiger partial charge is 0.273 e. The minimum atomic E-state index is -0.990. The summed E-state index contributed by atoms with van der Waals surface area (Å²) >= 11 is 0.805. The van der Waals surface area contributed by atoms with Crippen LogP contribution >= 0.6 is 11.5 Å². The second-order valence-electron chi connectivity index (χ2n) is 10.4. The van der Waals surface area contributed by atoms with Crippen LogP contribution in [0.2, 0.25) is 0 Å². The van der Waals surface area contributed by atoms with Crippen molar-refractivity contribution in [2.45, 2.75) is 58.0 Å². The second-order valence-corrected chi connectivity index (χ2v) is 11.2. The predicted molar refractivity (Wildman–Crippen MR) is 156 cm³/mol. The fraction of sp³-hybridized carbons (Fsp3) is 0.379. The Morgan fingerprint density at radius 2 is 1.59 bits per heavy atom. The Hall–Kier alpha value is -3.92. The quantitative estimate of drug-likeness (QED) is 0.383. The van der Waals surface area contributed by atoms with Gasteiger partial charge in [0.25, 0.3) is 11.8 Å². The Morgan fingerprint density at radius 1 is 0.974 bits per heavy atom. The maximum atomic E-state index is 14.3. The molecule has 0 radical (unpaired) electrons. The molecule has 1 unspecified atom stereocenters. The zero-order valence-corrected chi connectivity index (χ0v) is 23.7. The van der Waals surface area contributed by atoms with Crippen LogP contribution in [0.15, 0.2) is 42.5 Å². The molecule has 39 heavy (non-hydrogen) atoms. The van der Waals surface area contributed by atoms with Crippen LogP contribution in [0, 0.1) is 13.8 Å². The van der Waals surface area contributed by atoms with E-state index in [9.17, 15) is 14.4 Å². The Morgan fingerprint density at radius 3 is 2.13 bits per heavy atom. The number of amides is 3. The Balaban J connectivity index is 1.87. The van der Waals surface area contributed by atoms with Gasteiger partial charge in [-0.1, -0.05) is 37.5 Å². The third kappa shape index (κ3) is 6.22. The number of nitrogens with one attached hydrogen (secondary N) is 1. The molecule has 0 bridgehead atoms. The van der Waals surface area contributed by atoms with Gasteiger partial charge in [-0.25, -0.2) is 0 Å². The average molecular weight is 549 g/mol. The van der Waals surface area contributed by atoms with Gasteiger partial charge in [0, 0.05) is 31.5 Å². The molecule has 4 rings (SSSR count). The van der Waals surface area contributed by atoms with Crippen molar-refractivity contribution in [3.05, 3.63) is 69.7 Å². The van der Waals surface area contributed by atoms with Crippen LogP contribution in [0.4, 0.5) is 17.1 Å². The summed E-state index contributed by atoms with van der Waals surface area (Å²) in [6, 6.07) is 12.4. The number of hydrogen-bond acceptors (Lipinski definition) is 7. The van der Waals surface area contributed by atoms with Crippen LogP contribution in [0.3, 0.4) is 0 Å². The first-order chi connectivity index (χ1) is 18.6. The molecular weight excluding hydrogens is 512 g/mol. The number of nitrogens with two attached hydrogens (primary N) is 2. The van der Waals surface area contributed by atoms with Crippen LogP contribution in [0.1, 0.15) is 75.0 Å². The summed E-state index contributed by atoms with van der Waals surface area (Å²) < 4.78 is 4.04. The number of carbonyl (C=O) groups is 3. The summed E-state index contributed by atoms with van der Waals surface area (Å²) in [5.74, 6) is -1.61. The van der Waals surface area contributed by atoms with Gasteiger partial charge in [-0.2, -0.15) is 4.37 Å². The van der Waals surface area contributed by atoms with Crippen molar-refractivity contribution in [2.75, 3.05) is 29.6 Å². The van der Waals surface area contributed by atoms with Crippen molar-refractivity contribution in [3.8, 4) is 0 Å². The van der Waals surface area contributed by atoms with E-state index in [4.69, 9.17) is 11.5 Å². The van der Waals surface area contributed by atoms with Gasteiger partial charge in [0.1, 0.15) is 10.9 Å². The molecule has 1 aliphatic rings. The van der Waals surface area contributed by atoms with Gasteiger partial charge in [0.2, 0.25) is 5.91 Å². The van der Waals surface area contributed by atoms with Crippen LogP contribution in [-0.4, -0.2) is 42.2 Å². The summed E-state index contributed by atoms with van der Waals surface area (Å²) in [6.45, 7) is 3.88. The highest BCUT2D eigenvalue weighted by atomic mass is 32.1. The van der Waals surface area contributed by atoms with E-state index in [0.717, 1.165) is 60.5 Å². The maximum absolute atomic E-state index is 14.3. The van der Waals surface area contributed by atoms with E-state index in [2.05, 4.69) is 9.69 Å². The van der Waals surface area contributed by atoms with E-state index in [-0.39, 0.29) is 28.2 Å². The molecule has 1 heterocycles. The van der Waals surface area contributed by atoms with Gasteiger partial charge in [-0.3, -0.25) is 19.3 Å². The number of carbonyl (C=O) groups excluding carboxylic acids is 3. The topological polar surface area (TPSA) is 135 Å². The van der Waals surface area contributed by atoms with Crippen LogP contribution in [-0.2, 0) is 4.79 Å². The first-order valence-electron chi connectivity index (χ1n) is 13.1. The number of hydrogen-bond donors (Lipinski definition) is 3. The zero-order valence-electron chi connectivity index (χ0n) is 22.9. The first-order valence-corrected chi connectivity index (χ1v) is 13.9. The van der Waals surface area contributed by atoms with Crippen LogP contribution in [0.5, 0.6) is 0 Å². The molecule has 5 N–H and O–H groups in total. The van der Waals surface area contributed by atoms with Gasteiger partial charge in [0.15, 0.2) is 5.69 Å². The Labute approximate surface area is 233 Å². The Kier molecular flexibility index (Phi) is 8.54. The summed E-state index contributed by atoms with van der Waals surface area (Å²) in [4.78, 5) is 43.8. The number of aromatic nitrogens is 1. The molecule has 0 aliphatic heterocycles. The number of rotatable bonds is 8. The molecule has 2 aromatic carbocycles. The molecule has 1 aliphatic carbocycles. The van der Waals surface area contributed by atoms with Gasteiger partial charge in [0.05, 0.1) is 5.69 Å². The zero-order chi connectivity index (χ0) is 28.3. The summed E-state index contributed by atoms with van der Waals surface area (Å²) in [6.07, 6.45) is 5.07. The number of nitrogen functional groups attached to an aromatic ring is 1. The lowest BCUT2D eigenvalue weighted by Gasteiger charge is -2.34. The summed E-state index contributed by atoms with van der Waals surface area (Å²) in [7, 11) is 3.88. The van der Waals surface area contributed by atoms with Crippen molar-refractivity contribution < 1.29 is 14.4 Å². The standard InChI is InChI=1S/C29H36N6O3S/c1-17-14-18(2)16-22(15-17)35(29(38)26-23(30)24(27(31)36)33-39-26)25(19-10-12-21(13-11-19)34(3)4)28(37)32-20-8-6-5-7-9-20/h10-16,20,25H,5-9,30H2,1-4H3,(H2,31,36)(H,32,37). The molecular formula is C29H36N6O3S. The highest BCUT2D eigenvalue weighted by Gasteiger charge is 2.37. The van der Waals surface area contributed by atoms with Crippen molar-refractivity contribution in [3.63, 3.8) is 0 Å². The lowest BCUT2D eigenvalue weighted by atomic mass is 9.94. The maximum Gasteiger partial charge on any atom is 0.273 e. The highest BCUT2D eigenvalue weighted by Crippen LogP contribution is 2.35. The van der Waals surface area contributed by atoms with E-state index < -0.39 is 17.9 Å². The highest BCUT2D eigenvalue weighted by molar-refractivity contribution is 7.09. The molecule has 1 saturated carbocycles. The van der Waals surface area contributed by atoms with Crippen molar-refractivity contribution in [1.82, 2.24) is 9.69 Å². The van der Waals surface area contributed by atoms with Gasteiger partial charge >= 0.3 is 0 Å². The molecule has 0 saturated heterocycles. The van der Waals surface area contributed by atoms with Crippen molar-refractivity contribution in [1.29, 1.82) is 0 Å². The molecule has 206 valence electrons. The molecule has 1 atom stereocenters. The molecule has 3 aromatic rings. The third-order valence-corrected chi connectivity index (χ3v) is 7.89. The monoisotopic (exact) mass is 548 g/mol. The molecule has 9 nitrogen and oxygen atoms in total. The molecule has 10 heteroatoms. The minimum Gasteiger partial charge on any atom is -0.395 e. The summed E-state index contributed by atoms with van der Waals surface area (Å²) in [5, 5.41) is 3.22. The number of primary amides is 1. The largest absolute Gasteiger partial charge is 0.395 e. The molecule has 0 spiro atoms. The Bertz CT molecular complexity index is 1340. The molecule has 3 amide bonds. The number of nitrogens with zero attached hydrogens (tertiary/aromatic N) is 3. The van der Waals surface area contributed by atoms with Gasteiger partial charge in [-0.15, -0.1) is 0 Å². The molecule has 1 fully saturated rings. The number of aryl methyl sites for hydroxylation is 2. The normalized spacial score (nSPS) is 14.5. The van der Waals surface area contributed by atoms with Gasteiger partial charge in [-0.05, 0) is 79.2 Å². The predicted octanol–water partition coefficient (Wildman–Crippen LogP) is 4.34. The fourth-order valence-corrected chi connectivity index (χ4v) is 5.85. The molecule has 1 aromatic heterocycles. The fourth-order valence-electron chi connectivity index (χ4n) is 5.11.